The average Bonchev–Trinajstić information content (AvgIpc) is 2.29. The maximum Gasteiger partial charge on any atom is 0.242 e. The largest absolute Gasteiger partial charge is 0.316 e. The van der Waals surface area contributed by atoms with Gasteiger partial charge in [0.25, 0.3) is 0 Å². The second-order valence-electron chi connectivity index (χ2n) is 5.19. The molecule has 2 rings (SSSR count). The highest BCUT2D eigenvalue weighted by molar-refractivity contribution is 7.89. The first kappa shape index (κ1) is 14.8. The molecule has 0 unspecified atom stereocenters. The zero-order valence-corrected chi connectivity index (χ0v) is 12.7. The van der Waals surface area contributed by atoms with Crippen molar-refractivity contribution in [1.29, 1.82) is 0 Å². The quantitative estimate of drug-likeness (QED) is 0.876. The van der Waals surface area contributed by atoms with Crippen LogP contribution in [0.5, 0.6) is 0 Å². The van der Waals surface area contributed by atoms with E-state index in [0.717, 1.165) is 18.4 Å². The number of halogens is 1. The molecule has 1 aliphatic carbocycles. The summed E-state index contributed by atoms with van der Waals surface area (Å²) >= 11 is 6.01. The maximum absolute atomic E-state index is 12.3. The maximum atomic E-state index is 12.3. The summed E-state index contributed by atoms with van der Waals surface area (Å²) in [5.41, 5.74) is 0.897. The summed E-state index contributed by atoms with van der Waals surface area (Å²) < 4.78 is 27.3. The standard InChI is InChI=1S/C13H19ClN2O2S/c1-9-5-11(6-9)16-19(17,18)13-7-10(8-15-2)3-4-12(13)14/h3-4,7,9,11,15-16H,5-6,8H2,1-2H3. The zero-order valence-electron chi connectivity index (χ0n) is 11.1. The first-order valence-electron chi connectivity index (χ1n) is 6.37. The van der Waals surface area contributed by atoms with Crippen LogP contribution in [0.15, 0.2) is 23.1 Å². The van der Waals surface area contributed by atoms with E-state index in [1.54, 1.807) is 12.1 Å². The molecule has 0 saturated heterocycles. The summed E-state index contributed by atoms with van der Waals surface area (Å²) in [6.45, 7) is 2.73. The molecule has 0 heterocycles. The van der Waals surface area contributed by atoms with Gasteiger partial charge >= 0.3 is 0 Å². The van der Waals surface area contributed by atoms with Crippen LogP contribution in [0.4, 0.5) is 0 Å². The number of rotatable bonds is 5. The molecule has 0 amide bonds. The van der Waals surface area contributed by atoms with Gasteiger partial charge in [-0.2, -0.15) is 0 Å². The smallest absolute Gasteiger partial charge is 0.242 e. The highest BCUT2D eigenvalue weighted by Crippen LogP contribution is 2.29. The predicted octanol–water partition coefficient (Wildman–Crippen LogP) is 2.14. The molecule has 1 aromatic rings. The van der Waals surface area contributed by atoms with E-state index in [-0.39, 0.29) is 16.0 Å². The Hall–Kier alpha value is -0.620. The summed E-state index contributed by atoms with van der Waals surface area (Å²) in [7, 11) is -1.71. The average molecular weight is 303 g/mol. The SMILES string of the molecule is CNCc1ccc(Cl)c(S(=O)(=O)NC2CC(C)C2)c1. The van der Waals surface area contributed by atoms with Crippen molar-refractivity contribution in [3.63, 3.8) is 0 Å². The van der Waals surface area contributed by atoms with Crippen molar-refractivity contribution in [2.45, 2.75) is 37.2 Å². The van der Waals surface area contributed by atoms with E-state index in [9.17, 15) is 8.42 Å². The molecule has 1 fully saturated rings. The van der Waals surface area contributed by atoms with E-state index in [2.05, 4.69) is 17.0 Å². The van der Waals surface area contributed by atoms with E-state index in [4.69, 9.17) is 11.6 Å². The number of hydrogen-bond acceptors (Lipinski definition) is 3. The summed E-state index contributed by atoms with van der Waals surface area (Å²) in [4.78, 5) is 0.168. The third kappa shape index (κ3) is 3.48. The van der Waals surface area contributed by atoms with Crippen molar-refractivity contribution in [3.8, 4) is 0 Å². The lowest BCUT2D eigenvalue weighted by molar-refractivity contribution is 0.270. The van der Waals surface area contributed by atoms with E-state index in [1.165, 1.54) is 0 Å². The highest BCUT2D eigenvalue weighted by Gasteiger charge is 2.30. The molecule has 106 valence electrons. The molecule has 19 heavy (non-hydrogen) atoms. The van der Waals surface area contributed by atoms with E-state index in [1.807, 2.05) is 13.1 Å². The minimum atomic E-state index is -3.53. The lowest BCUT2D eigenvalue weighted by atomic mass is 9.83. The fourth-order valence-electron chi connectivity index (χ4n) is 2.35. The Bertz CT molecular complexity index is 554. The normalized spacial score (nSPS) is 23.1. The Labute approximate surface area is 119 Å². The van der Waals surface area contributed by atoms with Crippen LogP contribution >= 0.6 is 11.6 Å². The molecular weight excluding hydrogens is 284 g/mol. The van der Waals surface area contributed by atoms with Crippen molar-refractivity contribution in [1.82, 2.24) is 10.0 Å². The molecule has 1 aromatic carbocycles. The first-order chi connectivity index (χ1) is 8.92. The van der Waals surface area contributed by atoms with Gasteiger partial charge in [0.2, 0.25) is 10.0 Å². The van der Waals surface area contributed by atoms with Gasteiger partial charge in [0.05, 0.1) is 5.02 Å². The topological polar surface area (TPSA) is 58.2 Å². The Morgan fingerprint density at radius 3 is 2.63 bits per heavy atom. The van der Waals surface area contributed by atoms with Gasteiger partial charge in [0.1, 0.15) is 4.90 Å². The number of sulfonamides is 1. The molecule has 0 aromatic heterocycles. The molecule has 0 bridgehead atoms. The van der Waals surface area contributed by atoms with Crippen LogP contribution in [0.2, 0.25) is 5.02 Å². The molecule has 0 atom stereocenters. The predicted molar refractivity (Wildman–Crippen MR) is 76.7 cm³/mol. The van der Waals surface area contributed by atoms with Crippen molar-refractivity contribution < 1.29 is 8.42 Å². The second kappa shape index (κ2) is 5.79. The van der Waals surface area contributed by atoms with Gasteiger partial charge < -0.3 is 5.32 Å². The lowest BCUT2D eigenvalue weighted by Crippen LogP contribution is -2.43. The van der Waals surface area contributed by atoms with Crippen LogP contribution in [0.25, 0.3) is 0 Å². The monoisotopic (exact) mass is 302 g/mol. The summed E-state index contributed by atoms with van der Waals surface area (Å²) in [6, 6.07) is 5.13. The Kier molecular flexibility index (Phi) is 4.50. The summed E-state index contributed by atoms with van der Waals surface area (Å²) in [6.07, 6.45) is 1.79. The third-order valence-electron chi connectivity index (χ3n) is 3.36. The Morgan fingerprint density at radius 2 is 2.05 bits per heavy atom. The van der Waals surface area contributed by atoms with Crippen molar-refractivity contribution >= 4 is 21.6 Å². The van der Waals surface area contributed by atoms with Gasteiger partial charge in [-0.1, -0.05) is 24.6 Å². The number of benzene rings is 1. The zero-order chi connectivity index (χ0) is 14.0. The summed E-state index contributed by atoms with van der Waals surface area (Å²) in [5.74, 6) is 0.596. The van der Waals surface area contributed by atoms with E-state index >= 15 is 0 Å². The van der Waals surface area contributed by atoms with Crippen LogP contribution < -0.4 is 10.0 Å². The van der Waals surface area contributed by atoms with E-state index < -0.39 is 10.0 Å². The molecule has 4 nitrogen and oxygen atoms in total. The van der Waals surface area contributed by atoms with Crippen LogP contribution in [-0.2, 0) is 16.6 Å². The minimum absolute atomic E-state index is 0.0454. The van der Waals surface area contributed by atoms with Gasteiger partial charge in [-0.25, -0.2) is 13.1 Å². The van der Waals surface area contributed by atoms with Crippen molar-refractivity contribution in [2.24, 2.45) is 5.92 Å². The van der Waals surface area contributed by atoms with Gasteiger partial charge in [-0.05, 0) is 43.5 Å². The first-order valence-corrected chi connectivity index (χ1v) is 8.24. The van der Waals surface area contributed by atoms with Gasteiger partial charge in [-0.3, -0.25) is 0 Å². The van der Waals surface area contributed by atoms with Gasteiger partial charge in [-0.15, -0.1) is 0 Å². The fourth-order valence-corrected chi connectivity index (χ4v) is 4.16. The van der Waals surface area contributed by atoms with Gasteiger partial charge in [0.15, 0.2) is 0 Å². The lowest BCUT2D eigenvalue weighted by Gasteiger charge is -2.33. The minimum Gasteiger partial charge on any atom is -0.316 e. The van der Waals surface area contributed by atoms with Crippen LogP contribution in [-0.4, -0.2) is 21.5 Å². The van der Waals surface area contributed by atoms with Gasteiger partial charge in [0, 0.05) is 12.6 Å². The molecule has 0 aliphatic heterocycles. The second-order valence-corrected chi connectivity index (χ2v) is 7.28. The molecule has 6 heteroatoms. The molecule has 0 radical (unpaired) electrons. The Morgan fingerprint density at radius 1 is 1.37 bits per heavy atom. The molecule has 2 N–H and O–H groups in total. The number of nitrogens with one attached hydrogen (secondary N) is 2. The number of hydrogen-bond donors (Lipinski definition) is 2. The fraction of sp³-hybridized carbons (Fsp3) is 0.538. The van der Waals surface area contributed by atoms with Crippen LogP contribution in [0.3, 0.4) is 0 Å². The highest BCUT2D eigenvalue weighted by atomic mass is 35.5. The van der Waals surface area contributed by atoms with Crippen LogP contribution in [0.1, 0.15) is 25.3 Å². The molecular formula is C13H19ClN2O2S. The van der Waals surface area contributed by atoms with Crippen molar-refractivity contribution in [3.05, 3.63) is 28.8 Å². The summed E-state index contributed by atoms with van der Waals surface area (Å²) in [5, 5.41) is 3.26. The molecule has 1 aliphatic rings. The molecule has 1 saturated carbocycles. The van der Waals surface area contributed by atoms with Crippen LogP contribution in [0, 0.1) is 5.92 Å². The van der Waals surface area contributed by atoms with E-state index in [0.29, 0.717) is 12.5 Å². The third-order valence-corrected chi connectivity index (χ3v) is 5.36. The van der Waals surface area contributed by atoms with Crippen molar-refractivity contribution in [2.75, 3.05) is 7.05 Å². The molecule has 0 spiro atoms. The Balaban J connectivity index is 2.21.